The quantitative estimate of drug-likeness (QED) is 0.0724. The first-order valence-electron chi connectivity index (χ1n) is 40.9. The van der Waals surface area contributed by atoms with Crippen LogP contribution in [0.1, 0.15) is 38.1 Å². The van der Waals surface area contributed by atoms with Gasteiger partial charge in [0.25, 0.3) is 0 Å². The van der Waals surface area contributed by atoms with Gasteiger partial charge in [-0.3, -0.25) is 13.6 Å². The zero-order valence-corrected chi connectivity index (χ0v) is 79.5. The number of carbonyl (C=O) groups is 1. The molecule has 0 saturated carbocycles. The van der Waals surface area contributed by atoms with Crippen LogP contribution < -0.4 is 11.2 Å². The summed E-state index contributed by atoms with van der Waals surface area (Å²) in [6, 6.07) is 114. The van der Waals surface area contributed by atoms with E-state index in [9.17, 15) is 4.79 Å². The Bertz CT molecular complexity index is 8020. The summed E-state index contributed by atoms with van der Waals surface area (Å²) < 4.78 is 27.0. The number of aromatic nitrogens is 7. The third-order valence-corrected chi connectivity index (χ3v) is 28.9. The summed E-state index contributed by atoms with van der Waals surface area (Å²) in [5, 5.41) is 17.7. The number of fused-ring (bicyclic) bond motifs is 17. The Morgan fingerprint density at radius 2 is 0.802 bits per heavy atom. The number of ketones is 1. The van der Waals surface area contributed by atoms with Crippen LogP contribution in [-0.2, 0) is 9.31 Å². The third-order valence-electron chi connectivity index (χ3n) is 23.2. The number of Topliss-reactive ketones (excluding diaryl/α,β-unsaturated/α-hetero) is 1. The largest absolute Gasteiger partial charge is 0.496 e. The molecule has 0 radical (unpaired) electrons. The van der Waals surface area contributed by atoms with Crippen molar-refractivity contribution in [3.63, 3.8) is 0 Å². The second-order valence-corrected chi connectivity index (χ2v) is 38.6. The number of imidazole rings is 3. The van der Waals surface area contributed by atoms with Crippen LogP contribution in [0.4, 0.5) is 5.82 Å². The van der Waals surface area contributed by atoms with E-state index in [0.717, 1.165) is 72.6 Å². The number of nitrogens with two attached hydrogens (primary N) is 1. The molecule has 614 valence electrons. The molecule has 14 aromatic carbocycles. The van der Waals surface area contributed by atoms with Crippen molar-refractivity contribution >= 4 is 265 Å². The molecular formula is C106H75BBr6N8O3S2. The van der Waals surface area contributed by atoms with Crippen LogP contribution in [0.2, 0.25) is 0 Å². The molecular weight excluding hydrogens is 1990 g/mol. The summed E-state index contributed by atoms with van der Waals surface area (Å²) >= 11 is 23.7. The monoisotopic (exact) mass is 2060 g/mol. The normalized spacial score (nSPS) is 12.8. The number of rotatable bonds is 7. The molecule has 23 aromatic rings. The SMILES string of the molecule is Brc1ccn2c(c1)nc1c3ccccc3sc12.Brc1ccn2cc(-c3ccccc3Br)nc2c1.CC1(C)OB(c2c3ccccc3c(-c3ccc4ccccc4c3)c3ccccc23)OC1(C)C.Nc1cc(Br)ccn1.O=C(CBr)c1ccccc1Br.c1ccc2cc(-c3c4ccccc4c(-c4ccn5c(c4)nc4c6ccccc6sc45)c4ccccc34)ccc2c1. The molecule has 0 amide bonds. The number of hydrogen-bond donors (Lipinski definition) is 1. The van der Waals surface area contributed by atoms with Gasteiger partial charge in [-0.25, -0.2) is 19.9 Å². The number of nitrogens with zero attached hydrogens (tertiary/aromatic N) is 7. The van der Waals surface area contributed by atoms with Crippen LogP contribution in [0.15, 0.2) is 381 Å². The van der Waals surface area contributed by atoms with Gasteiger partial charge in [-0.15, -0.1) is 22.7 Å². The number of alkyl halides is 1. The van der Waals surface area contributed by atoms with Crippen molar-refractivity contribution in [2.45, 2.75) is 38.9 Å². The Morgan fingerprint density at radius 3 is 1.29 bits per heavy atom. The summed E-state index contributed by atoms with van der Waals surface area (Å²) in [6.45, 7) is 8.45. The Hall–Kier alpha value is -11.4. The summed E-state index contributed by atoms with van der Waals surface area (Å²) in [5.41, 5.74) is 21.0. The number of hydrogen-bond acceptors (Lipinski definition) is 10. The van der Waals surface area contributed by atoms with Crippen molar-refractivity contribution < 1.29 is 14.1 Å². The molecule has 2 N–H and O–H groups in total. The lowest BCUT2D eigenvalue weighted by Crippen LogP contribution is -2.41. The van der Waals surface area contributed by atoms with E-state index in [-0.39, 0.29) is 5.78 Å². The van der Waals surface area contributed by atoms with Crippen LogP contribution in [0.25, 0.3) is 167 Å². The van der Waals surface area contributed by atoms with Gasteiger partial charge in [-0.05, 0) is 216 Å². The second-order valence-electron chi connectivity index (χ2n) is 31.5. The van der Waals surface area contributed by atoms with Gasteiger partial charge in [0, 0.05) is 84.6 Å². The highest BCUT2D eigenvalue weighted by atomic mass is 79.9. The van der Waals surface area contributed by atoms with Crippen LogP contribution in [-0.4, -0.2) is 62.6 Å². The summed E-state index contributed by atoms with van der Waals surface area (Å²) in [6.07, 6.45) is 9.92. The fraction of sp³-hybridized carbons (Fsp3) is 0.0660. The standard InChI is InChI=1S/C37H22N2S.C30H27BO2.C13H8Br2N2.C13H7BrN2S.C8H6Br2O.C5H5BrN2/c1-2-10-24-21-25(18-17-23(24)9-1)34-27-11-3-5-13-29(27)35(30-14-6-4-12-28(30)34)26-19-20-39-33(22-26)38-36-31-15-7-8-16-32(31)40-37(36)39;1-29(2)30(3,4)33-31(32-29)28-25-15-9-7-13-23(25)27(24-14-8-10-16-26(24)28)22-18-17-20-11-5-6-12-21(20)19-22;14-9-5-6-17-8-12(16-13(17)7-9)10-3-1-2-4-11(10)15;14-8-5-6-16-11(7-8)15-12-9-3-1-2-4-10(9)17-13(12)16;9-5-8(11)6-3-1-2-4-7(6)10;6-4-1-2-8-5(7)3-4/h1-22H;5-19H,1-4H3;1-8H;1-7H;1-4H,5H2;1-3H,(H2,7,8). The second kappa shape index (κ2) is 35.8. The minimum atomic E-state index is -0.421. The van der Waals surface area contributed by atoms with Crippen molar-refractivity contribution in [2.75, 3.05) is 11.1 Å². The van der Waals surface area contributed by atoms with Gasteiger partial charge < -0.3 is 19.4 Å². The molecule has 1 fully saturated rings. The van der Waals surface area contributed by atoms with E-state index in [1.54, 1.807) is 41.0 Å². The van der Waals surface area contributed by atoms with Crippen LogP contribution >= 0.6 is 118 Å². The smallest absolute Gasteiger partial charge is 0.399 e. The van der Waals surface area contributed by atoms with E-state index >= 15 is 0 Å². The molecule has 0 aliphatic carbocycles. The van der Waals surface area contributed by atoms with Crippen LogP contribution in [0.3, 0.4) is 0 Å². The highest BCUT2D eigenvalue weighted by Gasteiger charge is 2.52. The van der Waals surface area contributed by atoms with Gasteiger partial charge in [0.1, 0.15) is 43.5 Å². The molecule has 0 bridgehead atoms. The minimum Gasteiger partial charge on any atom is -0.399 e. The first-order chi connectivity index (χ1) is 61.3. The molecule has 1 aliphatic rings. The van der Waals surface area contributed by atoms with E-state index in [4.69, 9.17) is 25.0 Å². The lowest BCUT2D eigenvalue weighted by Gasteiger charge is -2.32. The van der Waals surface area contributed by atoms with Gasteiger partial charge in [0.15, 0.2) is 5.78 Å². The first kappa shape index (κ1) is 84.1. The lowest BCUT2D eigenvalue weighted by atomic mass is 9.71. The highest BCUT2D eigenvalue weighted by Crippen LogP contribution is 2.47. The number of anilines is 1. The molecule has 1 saturated heterocycles. The predicted octanol–water partition coefficient (Wildman–Crippen LogP) is 31.1. The van der Waals surface area contributed by atoms with Gasteiger partial charge in [0.05, 0.1) is 22.2 Å². The van der Waals surface area contributed by atoms with Crippen LogP contribution in [0, 0.1) is 0 Å². The number of thiophene rings is 2. The maximum absolute atomic E-state index is 11.2. The summed E-state index contributed by atoms with van der Waals surface area (Å²) in [5.74, 6) is 0.636. The molecule has 10 heterocycles. The van der Waals surface area contributed by atoms with E-state index in [1.807, 2.05) is 83.5 Å². The van der Waals surface area contributed by atoms with Crippen molar-refractivity contribution in [1.29, 1.82) is 0 Å². The Morgan fingerprint density at radius 1 is 0.397 bits per heavy atom. The van der Waals surface area contributed by atoms with E-state index in [2.05, 4.69) is 403 Å². The molecule has 0 spiro atoms. The van der Waals surface area contributed by atoms with Crippen LogP contribution in [0.5, 0.6) is 0 Å². The molecule has 20 heteroatoms. The molecule has 0 unspecified atom stereocenters. The van der Waals surface area contributed by atoms with Crippen molar-refractivity contribution in [3.05, 3.63) is 386 Å². The molecule has 0 atom stereocenters. The lowest BCUT2D eigenvalue weighted by molar-refractivity contribution is 0.00578. The number of halogens is 6. The Kier molecular flexibility index (Phi) is 23.9. The third kappa shape index (κ3) is 16.6. The summed E-state index contributed by atoms with van der Waals surface area (Å²) in [4.78, 5) is 31.8. The van der Waals surface area contributed by atoms with Gasteiger partial charge in [-0.1, -0.05) is 338 Å². The van der Waals surface area contributed by atoms with Crippen molar-refractivity contribution in [3.8, 4) is 44.6 Å². The van der Waals surface area contributed by atoms with Gasteiger partial charge >= 0.3 is 7.12 Å². The molecule has 24 rings (SSSR count). The minimum absolute atomic E-state index is 0.0949. The highest BCUT2D eigenvalue weighted by molar-refractivity contribution is 9.11. The maximum Gasteiger partial charge on any atom is 0.496 e. The topological polar surface area (TPSA) is 126 Å². The Labute approximate surface area is 785 Å². The van der Waals surface area contributed by atoms with Crippen molar-refractivity contribution in [1.82, 2.24) is 33.1 Å². The van der Waals surface area contributed by atoms with Gasteiger partial charge in [-0.2, -0.15) is 0 Å². The number of benzene rings is 14. The first-order valence-corrected chi connectivity index (χ1v) is 47.6. The maximum atomic E-state index is 11.2. The predicted molar refractivity (Wildman–Crippen MR) is 552 cm³/mol. The Balaban J connectivity index is 0.000000107. The van der Waals surface area contributed by atoms with E-state index in [1.165, 1.54) is 128 Å². The van der Waals surface area contributed by atoms with Gasteiger partial charge in [0.2, 0.25) is 0 Å². The van der Waals surface area contributed by atoms with Crippen molar-refractivity contribution in [2.24, 2.45) is 0 Å². The fourth-order valence-corrected chi connectivity index (χ4v) is 21.1. The number of carbonyl (C=O) groups excluding carboxylic acids is 1. The van der Waals surface area contributed by atoms with E-state index < -0.39 is 18.3 Å². The number of pyridine rings is 4. The summed E-state index contributed by atoms with van der Waals surface area (Å²) in [7, 11) is -0.421. The molecule has 126 heavy (non-hydrogen) atoms. The molecule has 9 aromatic heterocycles. The fourth-order valence-electron chi connectivity index (χ4n) is 16.5. The molecule has 11 nitrogen and oxygen atoms in total. The average Bonchev–Trinajstić information content (AvgIpc) is 1.17. The average molecular weight is 2060 g/mol. The van der Waals surface area contributed by atoms with E-state index in [0.29, 0.717) is 11.1 Å². The molecule has 1 aliphatic heterocycles. The number of nitrogen functional groups attached to an aromatic ring is 1. The zero-order valence-electron chi connectivity index (χ0n) is 68.4. The zero-order chi connectivity index (χ0) is 86.5.